The second kappa shape index (κ2) is 3.08. The molecule has 0 unspecified atom stereocenters. The monoisotopic (exact) mass is 118 g/mol. The molecular weight excluding hydrogens is 108 g/mol. The van der Waals surface area contributed by atoms with Gasteiger partial charge in [0.05, 0.1) is 0 Å². The van der Waals surface area contributed by atoms with Gasteiger partial charge in [0, 0.05) is 0 Å². The molecule has 0 atom stereocenters. The zero-order valence-electron chi connectivity index (χ0n) is 5.54. The van der Waals surface area contributed by atoms with Gasteiger partial charge in [-0.15, -0.1) is 0 Å². The van der Waals surface area contributed by atoms with Gasteiger partial charge >= 0.3 is 0 Å². The van der Waals surface area contributed by atoms with Crippen molar-refractivity contribution >= 4 is 0 Å². The van der Waals surface area contributed by atoms with Crippen LogP contribution in [0.15, 0.2) is 48.1 Å². The highest BCUT2D eigenvalue weighted by Gasteiger charge is 1.81. The molecule has 0 bridgehead atoms. The van der Waals surface area contributed by atoms with Crippen LogP contribution < -0.4 is 0 Å². The smallest absolute Gasteiger partial charge is 0.0299 e. The summed E-state index contributed by atoms with van der Waals surface area (Å²) in [5.74, 6) is 0. The highest BCUT2D eigenvalue weighted by Crippen LogP contribution is 2.02. The molecule has 1 aliphatic rings. The molecule has 1 aliphatic carbocycles. The summed E-state index contributed by atoms with van der Waals surface area (Å²) in [6.07, 6.45) is 14.4. The molecule has 0 spiro atoms. The zero-order valence-corrected chi connectivity index (χ0v) is 5.54. The van der Waals surface area contributed by atoms with E-state index in [9.17, 15) is 0 Å². The molecule has 0 aromatic carbocycles. The maximum atomic E-state index is 2.08. The Hall–Kier alpha value is -1.04. The summed E-state index contributed by atoms with van der Waals surface area (Å²) in [5.41, 5.74) is 1.26. The first-order valence-corrected chi connectivity index (χ1v) is 3.11. The van der Waals surface area contributed by atoms with Crippen molar-refractivity contribution < 1.29 is 0 Å². The molecule has 0 aromatic rings. The molecule has 0 aliphatic heterocycles. The van der Waals surface area contributed by atoms with E-state index < -0.39 is 0 Å². The molecular formula is C9H10. The molecule has 0 saturated heterocycles. The molecule has 9 heavy (non-hydrogen) atoms. The van der Waals surface area contributed by atoms with Crippen molar-refractivity contribution in [3.63, 3.8) is 0 Å². The minimum absolute atomic E-state index is 1.26. The summed E-state index contributed by atoms with van der Waals surface area (Å²) in [7, 11) is 0. The lowest BCUT2D eigenvalue weighted by molar-refractivity contribution is 1.61. The first-order chi connectivity index (χ1) is 4.43. The van der Waals surface area contributed by atoms with Gasteiger partial charge in [-0.25, -0.2) is 0 Å². The predicted octanol–water partition coefficient (Wildman–Crippen LogP) is 2.61. The molecule has 0 nitrogen and oxygen atoms in total. The van der Waals surface area contributed by atoms with Crippen molar-refractivity contribution in [3.8, 4) is 0 Å². The predicted molar refractivity (Wildman–Crippen MR) is 41.2 cm³/mol. The summed E-state index contributed by atoms with van der Waals surface area (Å²) in [4.78, 5) is 0. The van der Waals surface area contributed by atoms with Crippen LogP contribution >= 0.6 is 0 Å². The van der Waals surface area contributed by atoms with Crippen molar-refractivity contribution in [2.75, 3.05) is 0 Å². The third-order valence-corrected chi connectivity index (χ3v) is 1.24. The third-order valence-electron chi connectivity index (χ3n) is 1.24. The summed E-state index contributed by atoms with van der Waals surface area (Å²) >= 11 is 0. The van der Waals surface area contributed by atoms with Gasteiger partial charge in [-0.2, -0.15) is 0 Å². The van der Waals surface area contributed by atoms with Crippen LogP contribution in [0.1, 0.15) is 6.92 Å². The van der Waals surface area contributed by atoms with E-state index in [-0.39, 0.29) is 0 Å². The Bertz CT molecular complexity index is 172. The molecule has 46 valence electrons. The minimum Gasteiger partial charge on any atom is -0.0804 e. The molecule has 0 amide bonds. The van der Waals surface area contributed by atoms with Crippen LogP contribution in [-0.4, -0.2) is 0 Å². The van der Waals surface area contributed by atoms with Crippen molar-refractivity contribution in [1.29, 1.82) is 0 Å². The fourth-order valence-electron chi connectivity index (χ4n) is 0.710. The van der Waals surface area contributed by atoms with Crippen LogP contribution in [0.2, 0.25) is 0 Å². The fourth-order valence-corrected chi connectivity index (χ4v) is 0.710. The summed E-state index contributed by atoms with van der Waals surface area (Å²) in [6, 6.07) is 0. The van der Waals surface area contributed by atoms with Crippen LogP contribution in [0.25, 0.3) is 0 Å². The van der Waals surface area contributed by atoms with E-state index in [1.54, 1.807) is 0 Å². The number of hydrogen-bond acceptors (Lipinski definition) is 0. The minimum atomic E-state index is 1.26. The molecule has 0 saturated carbocycles. The van der Waals surface area contributed by atoms with Gasteiger partial charge in [-0.05, 0) is 12.5 Å². The van der Waals surface area contributed by atoms with Crippen molar-refractivity contribution in [1.82, 2.24) is 0 Å². The van der Waals surface area contributed by atoms with Crippen molar-refractivity contribution in [2.24, 2.45) is 0 Å². The van der Waals surface area contributed by atoms with E-state index in [1.165, 1.54) is 5.57 Å². The largest absolute Gasteiger partial charge is 0.0804 e. The van der Waals surface area contributed by atoms with Gasteiger partial charge < -0.3 is 0 Å². The van der Waals surface area contributed by atoms with Crippen LogP contribution in [0.3, 0.4) is 0 Å². The van der Waals surface area contributed by atoms with E-state index in [0.717, 1.165) is 0 Å². The maximum Gasteiger partial charge on any atom is -0.0299 e. The molecule has 0 heteroatoms. The Balaban J connectivity index is 2.82. The molecule has 0 radical (unpaired) electrons. The number of rotatable bonds is 0. The van der Waals surface area contributed by atoms with Gasteiger partial charge in [0.2, 0.25) is 0 Å². The van der Waals surface area contributed by atoms with E-state index in [2.05, 4.69) is 18.2 Å². The van der Waals surface area contributed by atoms with Gasteiger partial charge in [0.1, 0.15) is 0 Å². The normalized spacial score (nSPS) is 15.9. The average molecular weight is 118 g/mol. The number of hydrogen-bond donors (Lipinski definition) is 0. The molecule has 1 rings (SSSR count). The van der Waals surface area contributed by atoms with Crippen LogP contribution in [-0.2, 0) is 0 Å². The van der Waals surface area contributed by atoms with Crippen LogP contribution in [0.5, 0.6) is 0 Å². The average Bonchev–Trinajstić information content (AvgIpc) is 2.13. The third kappa shape index (κ3) is 1.73. The fraction of sp³-hybridized carbons (Fsp3) is 0.111. The van der Waals surface area contributed by atoms with Gasteiger partial charge in [0.25, 0.3) is 0 Å². The van der Waals surface area contributed by atoms with Gasteiger partial charge in [-0.1, -0.05) is 42.5 Å². The SMILES string of the molecule is CC=C1C=CC=CC=C1. The van der Waals surface area contributed by atoms with Crippen molar-refractivity contribution in [3.05, 3.63) is 48.1 Å². The molecule has 0 heterocycles. The zero-order chi connectivity index (χ0) is 6.53. The maximum absolute atomic E-state index is 2.08. The summed E-state index contributed by atoms with van der Waals surface area (Å²) in [6.45, 7) is 2.04. The topological polar surface area (TPSA) is 0 Å². The molecule has 0 fully saturated rings. The highest BCUT2D eigenvalue weighted by molar-refractivity contribution is 5.36. The highest BCUT2D eigenvalue weighted by atomic mass is 13.9. The van der Waals surface area contributed by atoms with E-state index >= 15 is 0 Å². The quantitative estimate of drug-likeness (QED) is 0.458. The van der Waals surface area contributed by atoms with E-state index in [1.807, 2.05) is 31.2 Å². The lowest BCUT2D eigenvalue weighted by Gasteiger charge is -1.84. The van der Waals surface area contributed by atoms with Crippen LogP contribution in [0, 0.1) is 0 Å². The Kier molecular flexibility index (Phi) is 2.08. The Morgan fingerprint density at radius 1 is 1.00 bits per heavy atom. The lowest BCUT2D eigenvalue weighted by atomic mass is 10.2. The summed E-state index contributed by atoms with van der Waals surface area (Å²) < 4.78 is 0. The van der Waals surface area contributed by atoms with Crippen molar-refractivity contribution in [2.45, 2.75) is 6.92 Å². The lowest BCUT2D eigenvalue weighted by Crippen LogP contribution is -1.64. The first-order valence-electron chi connectivity index (χ1n) is 3.11. The van der Waals surface area contributed by atoms with Crippen LogP contribution in [0.4, 0.5) is 0 Å². The second-order valence-corrected chi connectivity index (χ2v) is 1.89. The second-order valence-electron chi connectivity index (χ2n) is 1.89. The Morgan fingerprint density at radius 3 is 2.00 bits per heavy atom. The van der Waals surface area contributed by atoms with E-state index in [0.29, 0.717) is 0 Å². The first kappa shape index (κ1) is 6.09. The standard InChI is InChI=1S/C9H10/c1-2-9-7-5-3-4-6-8-9/h2-8H,1H3. The van der Waals surface area contributed by atoms with Gasteiger partial charge in [-0.3, -0.25) is 0 Å². The Morgan fingerprint density at radius 2 is 1.56 bits per heavy atom. The van der Waals surface area contributed by atoms with Gasteiger partial charge in [0.15, 0.2) is 0 Å². The Labute approximate surface area is 55.9 Å². The van der Waals surface area contributed by atoms with E-state index in [4.69, 9.17) is 0 Å². The summed E-state index contributed by atoms with van der Waals surface area (Å²) in [5, 5.41) is 0. The molecule has 0 aromatic heterocycles. The number of allylic oxidation sites excluding steroid dienone is 8. The molecule has 0 N–H and O–H groups in total.